The number of benzene rings is 1. The van der Waals surface area contributed by atoms with E-state index in [4.69, 9.17) is 11.6 Å². The van der Waals surface area contributed by atoms with Gasteiger partial charge in [0.25, 0.3) is 5.91 Å². The average Bonchev–Trinajstić information content (AvgIpc) is 2.56. The van der Waals surface area contributed by atoms with Crippen molar-refractivity contribution in [2.45, 2.75) is 25.8 Å². The fraction of sp³-hybridized carbons (Fsp3) is 0.235. The van der Waals surface area contributed by atoms with Gasteiger partial charge in [-0.3, -0.25) is 14.5 Å². The van der Waals surface area contributed by atoms with Gasteiger partial charge >= 0.3 is 0 Å². The Hall–Kier alpha value is -2.40. The van der Waals surface area contributed by atoms with Gasteiger partial charge < -0.3 is 5.32 Å². The van der Waals surface area contributed by atoms with Crippen molar-refractivity contribution in [3.05, 3.63) is 53.3 Å². The lowest BCUT2D eigenvalue weighted by Gasteiger charge is -2.36. The van der Waals surface area contributed by atoms with Gasteiger partial charge in [0.1, 0.15) is 11.2 Å². The van der Waals surface area contributed by atoms with Crippen molar-refractivity contribution in [3.8, 4) is 0 Å². The minimum Gasteiger partial charge on any atom is -0.322 e. The number of rotatable bonds is 3. The van der Waals surface area contributed by atoms with Crippen LogP contribution < -0.4 is 10.2 Å². The van der Waals surface area contributed by atoms with E-state index in [0.717, 1.165) is 6.42 Å². The van der Waals surface area contributed by atoms with Gasteiger partial charge in [-0.1, -0.05) is 37.1 Å². The van der Waals surface area contributed by atoms with Crippen LogP contribution in [0.25, 0.3) is 0 Å². The van der Waals surface area contributed by atoms with Crippen LogP contribution in [0, 0.1) is 0 Å². The molecule has 0 unspecified atom stereocenters. The zero-order valence-corrected chi connectivity index (χ0v) is 13.4. The number of anilines is 2. The summed E-state index contributed by atoms with van der Waals surface area (Å²) in [4.78, 5) is 30.9. The Morgan fingerprint density at radius 1 is 1.30 bits per heavy atom. The monoisotopic (exact) mass is 329 g/mol. The summed E-state index contributed by atoms with van der Waals surface area (Å²) in [6.07, 6.45) is 2.82. The van der Waals surface area contributed by atoms with Crippen LogP contribution in [0.2, 0.25) is 5.15 Å². The first-order chi connectivity index (χ1) is 11.1. The maximum atomic E-state index is 13.0. The Balaban J connectivity index is 2.06. The molecule has 0 radical (unpaired) electrons. The molecule has 1 aliphatic heterocycles. The summed E-state index contributed by atoms with van der Waals surface area (Å²) in [5.41, 5.74) is 1.74. The van der Waals surface area contributed by atoms with E-state index in [1.807, 2.05) is 25.1 Å². The molecule has 1 aromatic heterocycles. The third-order valence-electron chi connectivity index (χ3n) is 3.79. The zero-order chi connectivity index (χ0) is 16.4. The predicted octanol–water partition coefficient (Wildman–Crippen LogP) is 3.50. The number of aromatic nitrogens is 1. The standard InChI is InChI=1S/C17H16ClN3O2/c1-2-5-14-16(22)20-12-6-3-4-7-13(12)21(14)17(23)11-8-9-15(18)19-10-11/h3-4,6-10,14H,2,5H2,1H3,(H,20,22)/t14-/m0/s1. The molecule has 1 aliphatic rings. The lowest BCUT2D eigenvalue weighted by Crippen LogP contribution is -2.51. The molecule has 3 rings (SSSR count). The second-order valence-electron chi connectivity index (χ2n) is 5.36. The van der Waals surface area contributed by atoms with Crippen LogP contribution in [-0.2, 0) is 4.79 Å². The second kappa shape index (κ2) is 6.38. The van der Waals surface area contributed by atoms with Crippen LogP contribution in [0.15, 0.2) is 42.6 Å². The smallest absolute Gasteiger partial charge is 0.260 e. The molecular formula is C17H16ClN3O2. The van der Waals surface area contributed by atoms with Crippen molar-refractivity contribution in [2.75, 3.05) is 10.2 Å². The minimum atomic E-state index is -0.530. The summed E-state index contributed by atoms with van der Waals surface area (Å²) in [7, 11) is 0. The molecule has 0 fully saturated rings. The lowest BCUT2D eigenvalue weighted by atomic mass is 10.0. The number of hydrogen-bond donors (Lipinski definition) is 1. The highest BCUT2D eigenvalue weighted by molar-refractivity contribution is 6.29. The van der Waals surface area contributed by atoms with Gasteiger partial charge in [-0.05, 0) is 30.7 Å². The molecule has 118 valence electrons. The number of carbonyl (C=O) groups excluding carboxylic acids is 2. The molecule has 2 aromatic rings. The maximum Gasteiger partial charge on any atom is 0.260 e. The number of nitrogens with zero attached hydrogens (tertiary/aromatic N) is 2. The summed E-state index contributed by atoms with van der Waals surface area (Å²) in [5.74, 6) is -0.421. The van der Waals surface area contributed by atoms with Crippen molar-refractivity contribution in [2.24, 2.45) is 0 Å². The van der Waals surface area contributed by atoms with Crippen LogP contribution in [0.3, 0.4) is 0 Å². The van der Waals surface area contributed by atoms with Crippen LogP contribution >= 0.6 is 11.6 Å². The molecule has 23 heavy (non-hydrogen) atoms. The molecule has 5 nitrogen and oxygen atoms in total. The van der Waals surface area contributed by atoms with Crippen molar-refractivity contribution < 1.29 is 9.59 Å². The fourth-order valence-electron chi connectivity index (χ4n) is 2.72. The summed E-state index contributed by atoms with van der Waals surface area (Å²) < 4.78 is 0. The van der Waals surface area contributed by atoms with Crippen molar-refractivity contribution >= 4 is 34.8 Å². The van der Waals surface area contributed by atoms with Crippen LogP contribution in [0.4, 0.5) is 11.4 Å². The lowest BCUT2D eigenvalue weighted by molar-refractivity contribution is -0.117. The van der Waals surface area contributed by atoms with Gasteiger partial charge in [0, 0.05) is 6.20 Å². The highest BCUT2D eigenvalue weighted by Gasteiger charge is 2.36. The molecule has 1 aromatic carbocycles. The Kier molecular flexibility index (Phi) is 4.30. The first-order valence-corrected chi connectivity index (χ1v) is 7.84. The van der Waals surface area contributed by atoms with Crippen LogP contribution in [0.5, 0.6) is 0 Å². The summed E-state index contributed by atoms with van der Waals surface area (Å²) in [5, 5.41) is 3.19. The molecule has 0 saturated carbocycles. The van der Waals surface area contributed by atoms with E-state index in [2.05, 4.69) is 10.3 Å². The highest BCUT2D eigenvalue weighted by Crippen LogP contribution is 2.34. The largest absolute Gasteiger partial charge is 0.322 e. The predicted molar refractivity (Wildman–Crippen MR) is 89.8 cm³/mol. The summed E-state index contributed by atoms with van der Waals surface area (Å²) in [6.45, 7) is 1.99. The number of halogens is 1. The van der Waals surface area contributed by atoms with Crippen molar-refractivity contribution in [1.82, 2.24) is 4.98 Å². The van der Waals surface area contributed by atoms with Gasteiger partial charge in [0.15, 0.2) is 0 Å². The number of pyridine rings is 1. The van der Waals surface area contributed by atoms with Gasteiger partial charge in [-0.15, -0.1) is 0 Å². The van der Waals surface area contributed by atoms with Gasteiger partial charge in [0.05, 0.1) is 16.9 Å². The van der Waals surface area contributed by atoms with E-state index in [9.17, 15) is 9.59 Å². The third-order valence-corrected chi connectivity index (χ3v) is 4.01. The molecular weight excluding hydrogens is 314 g/mol. The minimum absolute atomic E-state index is 0.166. The van der Waals surface area contributed by atoms with Gasteiger partial charge in [0.2, 0.25) is 5.91 Å². The molecule has 6 heteroatoms. The van der Waals surface area contributed by atoms with E-state index >= 15 is 0 Å². The third kappa shape index (κ3) is 2.92. The van der Waals surface area contributed by atoms with E-state index in [1.54, 1.807) is 23.1 Å². The van der Waals surface area contributed by atoms with E-state index < -0.39 is 6.04 Å². The molecule has 2 amide bonds. The molecule has 0 aliphatic carbocycles. The van der Waals surface area contributed by atoms with E-state index in [-0.39, 0.29) is 11.8 Å². The molecule has 1 atom stereocenters. The number of nitrogens with one attached hydrogen (secondary N) is 1. The first kappa shape index (κ1) is 15.5. The maximum absolute atomic E-state index is 13.0. The molecule has 0 bridgehead atoms. The first-order valence-electron chi connectivity index (χ1n) is 7.47. The summed E-state index contributed by atoms with van der Waals surface area (Å²) in [6, 6.07) is 9.95. The van der Waals surface area contributed by atoms with E-state index in [0.29, 0.717) is 28.5 Å². The highest BCUT2D eigenvalue weighted by atomic mass is 35.5. The number of hydrogen-bond acceptors (Lipinski definition) is 3. The Bertz CT molecular complexity index is 746. The van der Waals surface area contributed by atoms with Crippen LogP contribution in [0.1, 0.15) is 30.1 Å². The van der Waals surface area contributed by atoms with E-state index in [1.165, 1.54) is 6.20 Å². The topological polar surface area (TPSA) is 62.3 Å². The quantitative estimate of drug-likeness (QED) is 0.877. The molecule has 2 heterocycles. The Morgan fingerprint density at radius 2 is 2.09 bits per heavy atom. The summed E-state index contributed by atoms with van der Waals surface area (Å²) >= 11 is 5.78. The number of carbonyl (C=O) groups is 2. The molecule has 0 spiro atoms. The zero-order valence-electron chi connectivity index (χ0n) is 12.6. The molecule has 1 N–H and O–H groups in total. The number of para-hydroxylation sites is 2. The average molecular weight is 330 g/mol. The Morgan fingerprint density at radius 3 is 2.78 bits per heavy atom. The van der Waals surface area contributed by atoms with Crippen molar-refractivity contribution in [3.63, 3.8) is 0 Å². The second-order valence-corrected chi connectivity index (χ2v) is 5.74. The number of amides is 2. The SMILES string of the molecule is CCC[C@H]1C(=O)Nc2ccccc2N1C(=O)c1ccc(Cl)nc1. The number of fused-ring (bicyclic) bond motifs is 1. The van der Waals surface area contributed by atoms with Crippen LogP contribution in [-0.4, -0.2) is 22.8 Å². The van der Waals surface area contributed by atoms with Gasteiger partial charge in [-0.25, -0.2) is 4.98 Å². The Labute approximate surface area is 139 Å². The molecule has 0 saturated heterocycles. The normalized spacial score (nSPS) is 16.7. The fourth-order valence-corrected chi connectivity index (χ4v) is 2.83. The van der Waals surface area contributed by atoms with Gasteiger partial charge in [-0.2, -0.15) is 0 Å². The van der Waals surface area contributed by atoms with Crippen molar-refractivity contribution in [1.29, 1.82) is 0 Å².